The fourth-order valence-corrected chi connectivity index (χ4v) is 1.43. The van der Waals surface area contributed by atoms with E-state index in [9.17, 15) is 0 Å². The standard InChI is InChI=1S/C12H20IN3/c1-7(2)9-14-10(8(3)4)16-11(15-9)12(5,6)13/h7-8H,1-6H3. The monoisotopic (exact) mass is 333 g/mol. The van der Waals surface area contributed by atoms with E-state index in [4.69, 9.17) is 0 Å². The molecule has 0 aromatic carbocycles. The summed E-state index contributed by atoms with van der Waals surface area (Å²) in [6.07, 6.45) is 0. The van der Waals surface area contributed by atoms with Crippen molar-refractivity contribution in [3.63, 3.8) is 0 Å². The van der Waals surface area contributed by atoms with Crippen molar-refractivity contribution >= 4 is 22.6 Å². The Bertz CT molecular complexity index is 341. The molecule has 0 saturated heterocycles. The fraction of sp³-hybridized carbons (Fsp3) is 0.750. The van der Waals surface area contributed by atoms with Crippen molar-refractivity contribution in [2.45, 2.75) is 56.8 Å². The van der Waals surface area contributed by atoms with Crippen LogP contribution in [-0.2, 0) is 3.42 Å². The van der Waals surface area contributed by atoms with E-state index in [0.717, 1.165) is 17.5 Å². The summed E-state index contributed by atoms with van der Waals surface area (Å²) in [5.74, 6) is 3.38. The van der Waals surface area contributed by atoms with Crippen LogP contribution < -0.4 is 0 Å². The molecule has 0 aliphatic rings. The van der Waals surface area contributed by atoms with Crippen molar-refractivity contribution in [2.75, 3.05) is 0 Å². The van der Waals surface area contributed by atoms with Crippen LogP contribution in [0.15, 0.2) is 0 Å². The number of aromatic nitrogens is 3. The smallest absolute Gasteiger partial charge is 0.147 e. The highest BCUT2D eigenvalue weighted by Gasteiger charge is 2.23. The summed E-state index contributed by atoms with van der Waals surface area (Å²) >= 11 is 2.37. The van der Waals surface area contributed by atoms with Gasteiger partial charge in [-0.05, 0) is 13.8 Å². The molecule has 0 amide bonds. The van der Waals surface area contributed by atoms with Crippen molar-refractivity contribution in [3.8, 4) is 0 Å². The maximum Gasteiger partial charge on any atom is 0.147 e. The van der Waals surface area contributed by atoms with Gasteiger partial charge in [0, 0.05) is 11.8 Å². The zero-order valence-corrected chi connectivity index (χ0v) is 13.0. The van der Waals surface area contributed by atoms with Gasteiger partial charge in [0.05, 0.1) is 3.42 Å². The molecule has 0 aliphatic carbocycles. The first kappa shape index (κ1) is 13.8. The van der Waals surface area contributed by atoms with Crippen LogP contribution >= 0.6 is 22.6 Å². The van der Waals surface area contributed by atoms with E-state index in [1.807, 2.05) is 0 Å². The zero-order valence-electron chi connectivity index (χ0n) is 10.9. The Labute approximate surface area is 112 Å². The quantitative estimate of drug-likeness (QED) is 0.624. The average molecular weight is 333 g/mol. The highest BCUT2D eigenvalue weighted by Crippen LogP contribution is 2.29. The van der Waals surface area contributed by atoms with E-state index < -0.39 is 0 Å². The van der Waals surface area contributed by atoms with Crippen molar-refractivity contribution in [2.24, 2.45) is 0 Å². The molecule has 1 rings (SSSR count). The van der Waals surface area contributed by atoms with E-state index in [0.29, 0.717) is 11.8 Å². The SMILES string of the molecule is CC(C)c1nc(C(C)C)nc(C(C)(C)I)n1. The average Bonchev–Trinajstić information content (AvgIpc) is 2.15. The Morgan fingerprint density at radius 3 is 1.50 bits per heavy atom. The highest BCUT2D eigenvalue weighted by molar-refractivity contribution is 14.1. The van der Waals surface area contributed by atoms with Crippen molar-refractivity contribution in [1.82, 2.24) is 15.0 Å². The molecule has 1 heterocycles. The second-order valence-electron chi connectivity index (χ2n) is 5.16. The van der Waals surface area contributed by atoms with Gasteiger partial charge in [-0.15, -0.1) is 0 Å². The van der Waals surface area contributed by atoms with E-state index in [-0.39, 0.29) is 3.42 Å². The molecular formula is C12H20IN3. The molecule has 0 N–H and O–H groups in total. The van der Waals surface area contributed by atoms with Gasteiger partial charge in [-0.2, -0.15) is 0 Å². The third-order valence-corrected chi connectivity index (χ3v) is 2.72. The summed E-state index contributed by atoms with van der Waals surface area (Å²) in [5, 5.41) is 0. The number of rotatable bonds is 3. The van der Waals surface area contributed by atoms with Gasteiger partial charge in [-0.3, -0.25) is 0 Å². The molecule has 3 nitrogen and oxygen atoms in total. The van der Waals surface area contributed by atoms with E-state index in [1.54, 1.807) is 0 Å². The predicted molar refractivity (Wildman–Crippen MR) is 75.1 cm³/mol. The molecular weight excluding hydrogens is 313 g/mol. The largest absolute Gasteiger partial charge is 0.217 e. The second kappa shape index (κ2) is 4.94. The number of halogens is 1. The zero-order chi connectivity index (χ0) is 12.5. The Hall–Kier alpha value is -0.260. The number of hydrogen-bond donors (Lipinski definition) is 0. The lowest BCUT2D eigenvalue weighted by molar-refractivity contribution is 0.634. The topological polar surface area (TPSA) is 38.7 Å². The van der Waals surface area contributed by atoms with Gasteiger partial charge >= 0.3 is 0 Å². The van der Waals surface area contributed by atoms with E-state index in [1.165, 1.54) is 0 Å². The predicted octanol–water partition coefficient (Wildman–Crippen LogP) is 3.79. The summed E-state index contributed by atoms with van der Waals surface area (Å²) in [7, 11) is 0. The van der Waals surface area contributed by atoms with Gasteiger partial charge in [-0.1, -0.05) is 50.3 Å². The van der Waals surface area contributed by atoms with Gasteiger partial charge in [0.1, 0.15) is 17.5 Å². The summed E-state index contributed by atoms with van der Waals surface area (Å²) in [6.45, 7) is 12.7. The molecule has 0 fully saturated rings. The second-order valence-corrected chi connectivity index (χ2v) is 7.85. The van der Waals surface area contributed by atoms with Crippen molar-refractivity contribution in [3.05, 3.63) is 17.5 Å². The first-order valence-electron chi connectivity index (χ1n) is 5.67. The Kier molecular flexibility index (Phi) is 4.26. The van der Waals surface area contributed by atoms with Crippen LogP contribution in [0.2, 0.25) is 0 Å². The number of hydrogen-bond acceptors (Lipinski definition) is 3. The van der Waals surface area contributed by atoms with Gasteiger partial charge in [0.15, 0.2) is 0 Å². The van der Waals surface area contributed by atoms with Crippen molar-refractivity contribution < 1.29 is 0 Å². The van der Waals surface area contributed by atoms with Crippen LogP contribution in [-0.4, -0.2) is 15.0 Å². The first-order valence-corrected chi connectivity index (χ1v) is 6.75. The minimum atomic E-state index is -0.0476. The van der Waals surface area contributed by atoms with Gasteiger partial charge in [0.25, 0.3) is 0 Å². The molecule has 0 saturated carbocycles. The summed E-state index contributed by atoms with van der Waals surface area (Å²) in [6, 6.07) is 0. The lowest BCUT2D eigenvalue weighted by Gasteiger charge is -2.18. The van der Waals surface area contributed by atoms with Crippen LogP contribution in [0.4, 0.5) is 0 Å². The van der Waals surface area contributed by atoms with Gasteiger partial charge in [-0.25, -0.2) is 15.0 Å². The molecule has 16 heavy (non-hydrogen) atoms. The molecule has 4 heteroatoms. The molecule has 90 valence electrons. The van der Waals surface area contributed by atoms with E-state index >= 15 is 0 Å². The Morgan fingerprint density at radius 1 is 0.875 bits per heavy atom. The molecule has 0 atom stereocenters. The molecule has 0 radical (unpaired) electrons. The summed E-state index contributed by atoms with van der Waals surface area (Å²) in [5.41, 5.74) is 0. The van der Waals surface area contributed by atoms with Crippen LogP contribution in [0.5, 0.6) is 0 Å². The maximum absolute atomic E-state index is 4.56. The van der Waals surface area contributed by atoms with Gasteiger partial charge < -0.3 is 0 Å². The molecule has 0 bridgehead atoms. The molecule has 1 aromatic rings. The Morgan fingerprint density at radius 2 is 1.25 bits per heavy atom. The summed E-state index contributed by atoms with van der Waals surface area (Å²) < 4.78 is -0.0476. The van der Waals surface area contributed by atoms with Crippen LogP contribution in [0.25, 0.3) is 0 Å². The third-order valence-electron chi connectivity index (χ3n) is 2.23. The van der Waals surface area contributed by atoms with Crippen molar-refractivity contribution in [1.29, 1.82) is 0 Å². The normalized spacial score (nSPS) is 12.6. The van der Waals surface area contributed by atoms with Crippen LogP contribution in [0.3, 0.4) is 0 Å². The molecule has 1 aromatic heterocycles. The first-order chi connectivity index (χ1) is 7.21. The van der Waals surface area contributed by atoms with Crippen LogP contribution in [0.1, 0.15) is 70.9 Å². The molecule has 0 spiro atoms. The number of nitrogens with zero attached hydrogens (tertiary/aromatic N) is 3. The lowest BCUT2D eigenvalue weighted by Crippen LogP contribution is -2.18. The molecule has 0 unspecified atom stereocenters. The lowest BCUT2D eigenvalue weighted by atomic mass is 10.1. The van der Waals surface area contributed by atoms with Gasteiger partial charge in [0.2, 0.25) is 0 Å². The van der Waals surface area contributed by atoms with Crippen LogP contribution in [0, 0.1) is 0 Å². The fourth-order valence-electron chi connectivity index (χ4n) is 1.19. The maximum atomic E-state index is 4.56. The third kappa shape index (κ3) is 3.37. The van der Waals surface area contributed by atoms with E-state index in [2.05, 4.69) is 79.1 Å². The Balaban J connectivity index is 3.30. The highest BCUT2D eigenvalue weighted by atomic mass is 127. The molecule has 0 aliphatic heterocycles. The summed E-state index contributed by atoms with van der Waals surface area (Å²) in [4.78, 5) is 13.6. The number of alkyl halides is 1. The minimum absolute atomic E-state index is 0.0476. The minimum Gasteiger partial charge on any atom is -0.217 e.